The summed E-state index contributed by atoms with van der Waals surface area (Å²) in [5.74, 6) is -1.36. The van der Waals surface area contributed by atoms with E-state index in [4.69, 9.17) is 4.74 Å². The second-order valence-corrected chi connectivity index (χ2v) is 7.36. The topological polar surface area (TPSA) is 63.5 Å². The second-order valence-electron chi connectivity index (χ2n) is 7.36. The van der Waals surface area contributed by atoms with Crippen molar-refractivity contribution >= 4 is 28.4 Å². The zero-order valence-electron chi connectivity index (χ0n) is 16.9. The van der Waals surface area contributed by atoms with Gasteiger partial charge < -0.3 is 19.1 Å². The number of hydrogen-bond acceptors (Lipinski definition) is 5. The molecule has 0 aliphatic carbocycles. The molecule has 1 aliphatic rings. The summed E-state index contributed by atoms with van der Waals surface area (Å²) in [5, 5.41) is 0. The highest BCUT2D eigenvalue weighted by Gasteiger charge is 2.33. The Kier molecular flexibility index (Phi) is 5.30. The summed E-state index contributed by atoms with van der Waals surface area (Å²) < 4.78 is 45.8. The van der Waals surface area contributed by atoms with E-state index < -0.39 is 18.3 Å². The molecule has 1 amide bonds. The molecule has 1 aromatic carbocycles. The minimum atomic E-state index is -3.01. The Morgan fingerprint density at radius 2 is 2.03 bits per heavy atom. The van der Waals surface area contributed by atoms with Crippen molar-refractivity contribution in [2.24, 2.45) is 7.05 Å². The number of likely N-dealkylation sites (tertiary alicyclic amines) is 1. The second kappa shape index (κ2) is 7.93. The molecular weight excluding hydrogens is 411 g/mol. The zero-order valence-corrected chi connectivity index (χ0v) is 16.9. The van der Waals surface area contributed by atoms with Crippen LogP contribution >= 0.6 is 0 Å². The van der Waals surface area contributed by atoms with Gasteiger partial charge in [-0.1, -0.05) is 12.6 Å². The Hall–Kier alpha value is -3.56. The van der Waals surface area contributed by atoms with Crippen LogP contribution in [0.3, 0.4) is 0 Å². The van der Waals surface area contributed by atoms with Crippen molar-refractivity contribution in [3.63, 3.8) is 0 Å². The first-order chi connectivity index (χ1) is 14.7. The number of aromatic nitrogens is 3. The van der Waals surface area contributed by atoms with Crippen LogP contribution in [0.2, 0.25) is 0 Å². The molecule has 162 valence electrons. The van der Waals surface area contributed by atoms with Crippen molar-refractivity contribution in [2.75, 3.05) is 25.0 Å². The van der Waals surface area contributed by atoms with Gasteiger partial charge in [0.15, 0.2) is 5.83 Å². The largest absolute Gasteiger partial charge is 0.433 e. The summed E-state index contributed by atoms with van der Waals surface area (Å²) in [7, 11) is 3.55. The molecule has 0 spiro atoms. The van der Waals surface area contributed by atoms with Crippen molar-refractivity contribution in [2.45, 2.75) is 12.5 Å². The van der Waals surface area contributed by atoms with E-state index in [1.54, 1.807) is 36.6 Å². The maximum absolute atomic E-state index is 13.1. The van der Waals surface area contributed by atoms with Crippen molar-refractivity contribution in [3.8, 4) is 5.75 Å². The number of rotatable bonds is 6. The molecule has 1 aliphatic heterocycles. The first kappa shape index (κ1) is 20.7. The fourth-order valence-electron chi connectivity index (χ4n) is 3.61. The minimum Gasteiger partial charge on any atom is -0.433 e. The van der Waals surface area contributed by atoms with Crippen LogP contribution in [0, 0.1) is 0 Å². The van der Waals surface area contributed by atoms with E-state index in [9.17, 15) is 18.0 Å². The van der Waals surface area contributed by atoms with Crippen LogP contribution in [-0.2, 0) is 11.8 Å². The maximum Gasteiger partial charge on any atom is 0.387 e. The molecule has 0 atom stereocenters. The summed E-state index contributed by atoms with van der Waals surface area (Å²) in [4.78, 5) is 23.2. The van der Waals surface area contributed by atoms with Gasteiger partial charge in [-0.2, -0.15) is 8.78 Å². The van der Waals surface area contributed by atoms with E-state index in [1.165, 1.54) is 11.0 Å². The average Bonchev–Trinajstić information content (AvgIpc) is 3.06. The highest BCUT2D eigenvalue weighted by molar-refractivity contribution is 5.91. The number of benzene rings is 1. The number of halogens is 3. The van der Waals surface area contributed by atoms with Gasteiger partial charge in [0.25, 0.3) is 5.91 Å². The van der Waals surface area contributed by atoms with E-state index >= 15 is 0 Å². The van der Waals surface area contributed by atoms with Crippen LogP contribution < -0.4 is 9.64 Å². The molecule has 3 heterocycles. The third-order valence-electron chi connectivity index (χ3n) is 5.37. The van der Waals surface area contributed by atoms with E-state index in [-0.39, 0.29) is 24.8 Å². The third kappa shape index (κ3) is 3.92. The minimum absolute atomic E-state index is 0.0124. The fourth-order valence-corrected chi connectivity index (χ4v) is 3.61. The van der Waals surface area contributed by atoms with Crippen LogP contribution in [-0.4, -0.2) is 52.1 Å². The fraction of sp³-hybridized carbons (Fsp3) is 0.286. The molecule has 31 heavy (non-hydrogen) atoms. The number of carbonyl (C=O) groups excluding carboxylic acids is 1. The number of alkyl halides is 2. The van der Waals surface area contributed by atoms with Crippen molar-refractivity contribution in [1.29, 1.82) is 0 Å². The number of nitrogens with zero attached hydrogens (tertiary/aromatic N) is 5. The van der Waals surface area contributed by atoms with E-state index in [0.717, 1.165) is 16.6 Å². The van der Waals surface area contributed by atoms with Gasteiger partial charge >= 0.3 is 6.61 Å². The van der Waals surface area contributed by atoms with E-state index in [2.05, 4.69) is 16.5 Å². The normalized spacial score (nSPS) is 14.1. The number of carbonyl (C=O) groups is 1. The number of amides is 1. The molecule has 1 fully saturated rings. The summed E-state index contributed by atoms with van der Waals surface area (Å²) in [6.07, 6.45) is 3.28. The first-order valence-corrected chi connectivity index (χ1v) is 9.48. The molecule has 1 saturated heterocycles. The highest BCUT2D eigenvalue weighted by Crippen LogP contribution is 2.38. The SMILES string of the molecule is C=C(F)C(=O)N1CC(c2ccc(N(C)c3cc4c(cn3)ncn4C)c(OC(F)F)c2)C1. The van der Waals surface area contributed by atoms with Gasteiger partial charge in [0, 0.05) is 39.2 Å². The van der Waals surface area contributed by atoms with Crippen LogP contribution in [0.1, 0.15) is 11.5 Å². The van der Waals surface area contributed by atoms with Gasteiger partial charge in [0.05, 0.1) is 23.7 Å². The summed E-state index contributed by atoms with van der Waals surface area (Å²) in [6, 6.07) is 6.78. The molecule has 0 saturated carbocycles. The Morgan fingerprint density at radius 1 is 1.29 bits per heavy atom. The predicted molar refractivity (Wildman–Crippen MR) is 109 cm³/mol. The van der Waals surface area contributed by atoms with Crippen LogP contribution in [0.15, 0.2) is 49.2 Å². The Bertz CT molecular complexity index is 1160. The molecule has 3 aromatic rings. The van der Waals surface area contributed by atoms with Gasteiger partial charge in [-0.25, -0.2) is 14.4 Å². The predicted octanol–water partition coefficient (Wildman–Crippen LogP) is 3.75. The van der Waals surface area contributed by atoms with Gasteiger partial charge in [0.2, 0.25) is 0 Å². The van der Waals surface area contributed by atoms with Gasteiger partial charge in [-0.15, -0.1) is 0 Å². The number of hydrogen-bond donors (Lipinski definition) is 0. The number of anilines is 2. The van der Waals surface area contributed by atoms with Gasteiger partial charge in [0.1, 0.15) is 17.1 Å². The van der Waals surface area contributed by atoms with Crippen molar-refractivity contribution in [3.05, 3.63) is 54.8 Å². The lowest BCUT2D eigenvalue weighted by Crippen LogP contribution is -2.48. The molecular formula is C21H20F3N5O2. The lowest BCUT2D eigenvalue weighted by atomic mass is 9.91. The van der Waals surface area contributed by atoms with Gasteiger partial charge in [-0.3, -0.25) is 4.79 Å². The van der Waals surface area contributed by atoms with Crippen molar-refractivity contribution < 1.29 is 22.7 Å². The Morgan fingerprint density at radius 3 is 2.71 bits per heavy atom. The summed E-state index contributed by atoms with van der Waals surface area (Å²) in [6.45, 7) is 0.558. The molecule has 0 unspecified atom stereocenters. The van der Waals surface area contributed by atoms with Crippen LogP contribution in [0.5, 0.6) is 5.75 Å². The lowest BCUT2D eigenvalue weighted by Gasteiger charge is -2.39. The quantitative estimate of drug-likeness (QED) is 0.557. The number of ether oxygens (including phenoxy) is 1. The smallest absolute Gasteiger partial charge is 0.387 e. The number of aryl methyl sites for hydroxylation is 1. The molecule has 2 aromatic heterocycles. The maximum atomic E-state index is 13.1. The average molecular weight is 431 g/mol. The summed E-state index contributed by atoms with van der Waals surface area (Å²) in [5.41, 5.74) is 2.69. The Balaban J connectivity index is 1.61. The van der Waals surface area contributed by atoms with E-state index in [1.807, 2.05) is 17.7 Å². The van der Waals surface area contributed by atoms with Gasteiger partial charge in [-0.05, 0) is 17.7 Å². The first-order valence-electron chi connectivity index (χ1n) is 9.48. The Labute approximate surface area is 176 Å². The highest BCUT2D eigenvalue weighted by atomic mass is 19.3. The number of imidazole rings is 1. The molecule has 10 heteroatoms. The number of pyridine rings is 1. The lowest BCUT2D eigenvalue weighted by molar-refractivity contribution is -0.132. The molecule has 4 rings (SSSR count). The molecule has 7 nitrogen and oxygen atoms in total. The zero-order chi connectivity index (χ0) is 22.3. The molecule has 0 N–H and O–H groups in total. The third-order valence-corrected chi connectivity index (χ3v) is 5.37. The van der Waals surface area contributed by atoms with Crippen LogP contribution in [0.4, 0.5) is 24.7 Å². The molecule has 0 radical (unpaired) electrons. The summed E-state index contributed by atoms with van der Waals surface area (Å²) >= 11 is 0. The standard InChI is InChI=1S/C21H20F3N5O2/c1-12(22)20(30)29-9-14(10-29)13-4-5-16(18(6-13)31-21(23)24)28(3)19-7-17-15(8-25-19)26-11-27(17)2/h4-8,11,14,21H,1,9-10H2,2-3H3. The molecule has 0 bridgehead atoms. The monoisotopic (exact) mass is 431 g/mol. The van der Waals surface area contributed by atoms with Crippen molar-refractivity contribution in [1.82, 2.24) is 19.4 Å². The van der Waals surface area contributed by atoms with E-state index in [0.29, 0.717) is 11.5 Å². The number of fused-ring (bicyclic) bond motifs is 1. The van der Waals surface area contributed by atoms with Crippen LogP contribution in [0.25, 0.3) is 11.0 Å².